The Labute approximate surface area is 235 Å². The van der Waals surface area contributed by atoms with Gasteiger partial charge in [-0.3, -0.25) is 14.4 Å². The third kappa shape index (κ3) is 4.91. The van der Waals surface area contributed by atoms with Crippen LogP contribution < -0.4 is 4.90 Å². The molecule has 0 saturated heterocycles. The molecule has 0 bridgehead atoms. The summed E-state index contributed by atoms with van der Waals surface area (Å²) in [4.78, 5) is 15.3. The second kappa shape index (κ2) is 11.2. The van der Waals surface area contributed by atoms with Gasteiger partial charge in [-0.2, -0.15) is 0 Å². The quantitative estimate of drug-likeness (QED) is 0.200. The number of carbonyl (C=O) groups is 1. The molecule has 1 unspecified atom stereocenters. The van der Waals surface area contributed by atoms with Crippen molar-refractivity contribution < 1.29 is 15.0 Å². The summed E-state index contributed by atoms with van der Waals surface area (Å²) in [5.74, 6) is -1.03. The standard InChI is InChI=1S/C30H29IN4O3/c1-21(10-8-9-17-34-19-27(32-33-34)25(20-36)22-11-4-2-5-12-22)30(38)26-18-23(31)15-16-28(26)35(29(30)37)24-13-6-3-7-14-24/h2-8,10-16,18-19,21,25,36,38H,9,17,20H2,1H3/b10-8+/t21-,25?,30+/m0/s1. The van der Waals surface area contributed by atoms with Gasteiger partial charge in [0.15, 0.2) is 5.60 Å². The van der Waals surface area contributed by atoms with E-state index in [-0.39, 0.29) is 18.4 Å². The molecule has 0 fully saturated rings. The Morgan fingerprint density at radius 2 is 1.76 bits per heavy atom. The van der Waals surface area contributed by atoms with Crippen molar-refractivity contribution in [2.45, 2.75) is 31.4 Å². The third-order valence-corrected chi connectivity index (χ3v) is 7.73. The Hall–Kier alpha value is -3.34. The molecule has 0 radical (unpaired) electrons. The lowest BCUT2D eigenvalue weighted by Gasteiger charge is -2.27. The Balaban J connectivity index is 1.30. The van der Waals surface area contributed by atoms with Crippen molar-refractivity contribution in [3.8, 4) is 0 Å². The lowest BCUT2D eigenvalue weighted by molar-refractivity contribution is -0.138. The number of aryl methyl sites for hydroxylation is 1. The van der Waals surface area contributed by atoms with Gasteiger partial charge in [0.2, 0.25) is 0 Å². The van der Waals surface area contributed by atoms with Crippen LogP contribution >= 0.6 is 22.6 Å². The first-order valence-corrected chi connectivity index (χ1v) is 13.7. The van der Waals surface area contributed by atoms with Crippen molar-refractivity contribution >= 4 is 39.9 Å². The smallest absolute Gasteiger partial charge is 0.268 e. The van der Waals surface area contributed by atoms with E-state index in [0.717, 1.165) is 14.8 Å². The van der Waals surface area contributed by atoms with E-state index in [9.17, 15) is 15.0 Å². The molecule has 3 atom stereocenters. The average Bonchev–Trinajstić information content (AvgIpc) is 3.49. The maximum atomic E-state index is 13.7. The molecule has 1 aromatic heterocycles. The molecule has 1 aliphatic heterocycles. The number of para-hydroxylation sites is 1. The monoisotopic (exact) mass is 620 g/mol. The Bertz CT molecular complexity index is 1440. The van der Waals surface area contributed by atoms with Crippen LogP contribution in [-0.2, 0) is 16.9 Å². The molecular formula is C30H29IN4O3. The minimum Gasteiger partial charge on any atom is -0.395 e. The van der Waals surface area contributed by atoms with Crippen LogP contribution in [0.25, 0.3) is 0 Å². The van der Waals surface area contributed by atoms with E-state index in [0.29, 0.717) is 29.9 Å². The first kappa shape index (κ1) is 26.3. The number of carbonyl (C=O) groups excluding carboxylic acids is 1. The van der Waals surface area contributed by atoms with E-state index in [4.69, 9.17) is 0 Å². The zero-order valence-electron chi connectivity index (χ0n) is 21.0. The predicted octanol–water partition coefficient (Wildman–Crippen LogP) is 5.16. The van der Waals surface area contributed by atoms with Crippen molar-refractivity contribution in [2.75, 3.05) is 11.5 Å². The van der Waals surface area contributed by atoms with Crippen LogP contribution in [0.4, 0.5) is 11.4 Å². The van der Waals surface area contributed by atoms with Gasteiger partial charge in [-0.05, 0) is 64.9 Å². The highest BCUT2D eigenvalue weighted by molar-refractivity contribution is 14.1. The van der Waals surface area contributed by atoms with Crippen LogP contribution in [0.3, 0.4) is 0 Å². The predicted molar refractivity (Wildman–Crippen MR) is 155 cm³/mol. The lowest BCUT2D eigenvalue weighted by Crippen LogP contribution is -2.42. The zero-order valence-corrected chi connectivity index (χ0v) is 23.1. The van der Waals surface area contributed by atoms with E-state index >= 15 is 0 Å². The highest BCUT2D eigenvalue weighted by Crippen LogP contribution is 2.48. The molecule has 0 aliphatic carbocycles. The van der Waals surface area contributed by atoms with Gasteiger partial charge >= 0.3 is 0 Å². The summed E-state index contributed by atoms with van der Waals surface area (Å²) >= 11 is 2.21. The zero-order chi connectivity index (χ0) is 26.7. The minimum absolute atomic E-state index is 0.0485. The average molecular weight is 620 g/mol. The van der Waals surface area contributed by atoms with Crippen molar-refractivity contribution in [1.82, 2.24) is 15.0 Å². The van der Waals surface area contributed by atoms with Crippen molar-refractivity contribution in [1.29, 1.82) is 0 Å². The van der Waals surface area contributed by atoms with Gasteiger partial charge in [0, 0.05) is 33.5 Å². The van der Waals surface area contributed by atoms with Crippen LogP contribution in [0.15, 0.2) is 97.2 Å². The summed E-state index contributed by atoms with van der Waals surface area (Å²) in [7, 11) is 0. The van der Waals surface area contributed by atoms with Crippen LogP contribution in [0.2, 0.25) is 0 Å². The SMILES string of the molecule is C[C@@H](/C=C/CCn1cc(C(CO)c2ccccc2)nn1)[C@]1(O)C(=O)N(c2ccccc2)c2ccc(I)cc21. The van der Waals surface area contributed by atoms with Gasteiger partial charge in [0.1, 0.15) is 0 Å². The van der Waals surface area contributed by atoms with E-state index < -0.39 is 11.5 Å². The second-order valence-corrected chi connectivity index (χ2v) is 10.7. The van der Waals surface area contributed by atoms with Crippen LogP contribution in [0, 0.1) is 9.49 Å². The number of hydrogen-bond donors (Lipinski definition) is 2. The van der Waals surface area contributed by atoms with Gasteiger partial charge in [-0.15, -0.1) is 5.10 Å². The number of halogens is 1. The molecule has 38 heavy (non-hydrogen) atoms. The maximum absolute atomic E-state index is 13.7. The molecule has 5 rings (SSSR count). The highest BCUT2D eigenvalue weighted by atomic mass is 127. The lowest BCUT2D eigenvalue weighted by atomic mass is 9.83. The number of rotatable bonds is 9. The third-order valence-electron chi connectivity index (χ3n) is 7.06. The molecule has 4 aromatic rings. The number of allylic oxidation sites excluding steroid dienone is 1. The molecule has 2 heterocycles. The molecule has 0 spiro atoms. The minimum atomic E-state index is -1.67. The number of aromatic nitrogens is 3. The number of hydrogen-bond acceptors (Lipinski definition) is 5. The second-order valence-electron chi connectivity index (χ2n) is 9.46. The van der Waals surface area contributed by atoms with Gasteiger partial charge < -0.3 is 10.2 Å². The summed E-state index contributed by atoms with van der Waals surface area (Å²) in [6.45, 7) is 2.40. The van der Waals surface area contributed by atoms with Crippen LogP contribution in [-0.4, -0.2) is 37.7 Å². The summed E-state index contributed by atoms with van der Waals surface area (Å²) in [5.41, 5.74) is 2.08. The number of amides is 1. The van der Waals surface area contributed by atoms with Gasteiger partial charge in [0.05, 0.1) is 23.9 Å². The number of anilines is 2. The van der Waals surface area contributed by atoms with E-state index in [2.05, 4.69) is 32.9 Å². The molecule has 194 valence electrons. The summed E-state index contributed by atoms with van der Waals surface area (Å²) in [6.07, 6.45) is 6.37. The number of nitrogens with zero attached hydrogens (tertiary/aromatic N) is 4. The molecule has 1 amide bonds. The number of fused-ring (bicyclic) bond motifs is 1. The summed E-state index contributed by atoms with van der Waals surface area (Å²) in [5, 5.41) is 30.3. The first-order valence-electron chi connectivity index (χ1n) is 12.6. The van der Waals surface area contributed by atoms with Gasteiger partial charge in [-0.25, -0.2) is 0 Å². The number of aliphatic hydroxyl groups is 2. The largest absolute Gasteiger partial charge is 0.395 e. The topological polar surface area (TPSA) is 91.5 Å². The maximum Gasteiger partial charge on any atom is 0.268 e. The van der Waals surface area contributed by atoms with E-state index in [1.165, 1.54) is 0 Å². The van der Waals surface area contributed by atoms with Gasteiger partial charge in [-0.1, -0.05) is 72.8 Å². The Morgan fingerprint density at radius 1 is 1.05 bits per heavy atom. The Morgan fingerprint density at radius 3 is 2.47 bits per heavy atom. The van der Waals surface area contributed by atoms with E-state index in [1.807, 2.05) is 104 Å². The van der Waals surface area contributed by atoms with Gasteiger partial charge in [0.25, 0.3) is 5.91 Å². The molecule has 8 heteroatoms. The van der Waals surface area contributed by atoms with Crippen molar-refractivity contribution in [2.24, 2.45) is 5.92 Å². The molecule has 3 aromatic carbocycles. The van der Waals surface area contributed by atoms with Crippen molar-refractivity contribution in [3.63, 3.8) is 0 Å². The fourth-order valence-corrected chi connectivity index (χ4v) is 5.45. The number of benzene rings is 3. The highest BCUT2D eigenvalue weighted by Gasteiger charge is 2.53. The molecule has 0 saturated carbocycles. The summed E-state index contributed by atoms with van der Waals surface area (Å²) in [6, 6.07) is 24.9. The van der Waals surface area contributed by atoms with E-state index in [1.54, 1.807) is 9.58 Å². The summed E-state index contributed by atoms with van der Waals surface area (Å²) < 4.78 is 2.71. The molecule has 1 aliphatic rings. The number of aliphatic hydroxyl groups excluding tert-OH is 1. The normalized spacial score (nSPS) is 18.6. The first-order chi connectivity index (χ1) is 18.4. The Kier molecular flexibility index (Phi) is 7.73. The van der Waals surface area contributed by atoms with Crippen molar-refractivity contribution in [3.05, 3.63) is 118 Å². The van der Waals surface area contributed by atoms with Crippen LogP contribution in [0.1, 0.15) is 36.1 Å². The molecular weight excluding hydrogens is 591 g/mol. The fraction of sp³-hybridized carbons (Fsp3) is 0.233. The van der Waals surface area contributed by atoms with Crippen LogP contribution in [0.5, 0.6) is 0 Å². The molecule has 2 N–H and O–H groups in total. The fourth-order valence-electron chi connectivity index (χ4n) is 4.96. The molecule has 7 nitrogen and oxygen atoms in total.